The maximum Gasteiger partial charge on any atom is 1.00 e. The number of carbonyl (C=O) groups is 1. The molecule has 1 fully saturated rings. The third kappa shape index (κ3) is 2.91. The van der Waals surface area contributed by atoms with Gasteiger partial charge in [0.2, 0.25) is 0 Å². The number of hydrogen-bond acceptors (Lipinski definition) is 4. The van der Waals surface area contributed by atoms with Crippen molar-refractivity contribution in [1.82, 2.24) is 0 Å². The van der Waals surface area contributed by atoms with E-state index in [1.807, 2.05) is 0 Å². The summed E-state index contributed by atoms with van der Waals surface area (Å²) in [5, 5.41) is 9.94. The van der Waals surface area contributed by atoms with Crippen LogP contribution in [-0.4, -0.2) is 23.8 Å². The van der Waals surface area contributed by atoms with E-state index in [1.165, 1.54) is 11.8 Å². The number of rotatable bonds is 1. The van der Waals surface area contributed by atoms with Crippen molar-refractivity contribution in [2.45, 2.75) is 5.44 Å². The Morgan fingerprint density at radius 2 is 2.44 bits per heavy atom. The third-order valence-electron chi connectivity index (χ3n) is 0.814. The first-order chi connectivity index (χ1) is 3.80. The van der Waals surface area contributed by atoms with Crippen LogP contribution in [0.3, 0.4) is 0 Å². The summed E-state index contributed by atoms with van der Waals surface area (Å²) in [5.41, 5.74) is -0.713. The minimum atomic E-state index is -1.12. The van der Waals surface area contributed by atoms with Gasteiger partial charge in [0.05, 0.1) is 12.6 Å². The van der Waals surface area contributed by atoms with Gasteiger partial charge < -0.3 is 14.6 Å². The molecule has 1 unspecified atom stereocenters. The molecule has 1 aliphatic rings. The Labute approximate surface area is 79.4 Å². The largest absolute Gasteiger partial charge is 1.00 e. The molecule has 9 heavy (non-hydrogen) atoms. The van der Waals surface area contributed by atoms with Gasteiger partial charge >= 0.3 is 29.6 Å². The maximum atomic E-state index is 9.94. The Morgan fingerprint density at radius 3 is 2.67 bits per heavy atom. The van der Waals surface area contributed by atoms with E-state index in [0.717, 1.165) is 5.75 Å². The molecule has 0 aromatic carbocycles. The number of ether oxygens (including phenoxy) is 1. The second-order valence-electron chi connectivity index (χ2n) is 1.39. The number of hydrogen-bond donors (Lipinski definition) is 0. The molecular weight excluding hydrogens is 151 g/mol. The minimum absolute atomic E-state index is 0. The van der Waals surface area contributed by atoms with Crippen LogP contribution in [0.5, 0.6) is 0 Å². The average Bonchev–Trinajstić information content (AvgIpc) is 2.12. The molecule has 1 atom stereocenters. The molecule has 5 heteroatoms. The fraction of sp³-hybridized carbons (Fsp3) is 0.750. The number of thioether (sulfide) groups is 1. The van der Waals surface area contributed by atoms with E-state index in [-0.39, 0.29) is 29.6 Å². The zero-order chi connectivity index (χ0) is 5.98. The van der Waals surface area contributed by atoms with Gasteiger partial charge in [-0.1, -0.05) is 0 Å². The van der Waals surface area contributed by atoms with Crippen molar-refractivity contribution in [2.24, 2.45) is 0 Å². The van der Waals surface area contributed by atoms with Gasteiger partial charge in [0, 0.05) is 5.75 Å². The fourth-order valence-electron chi connectivity index (χ4n) is 0.494. The summed E-state index contributed by atoms with van der Waals surface area (Å²) in [4.78, 5) is 9.94. The first kappa shape index (κ1) is 9.78. The van der Waals surface area contributed by atoms with Gasteiger partial charge in [0.1, 0.15) is 5.44 Å². The zero-order valence-corrected chi connectivity index (χ0v) is 7.94. The molecule has 0 saturated carbocycles. The van der Waals surface area contributed by atoms with Crippen LogP contribution in [0, 0.1) is 0 Å². The average molecular weight is 156 g/mol. The van der Waals surface area contributed by atoms with Crippen LogP contribution in [-0.2, 0) is 9.53 Å². The van der Waals surface area contributed by atoms with E-state index < -0.39 is 11.4 Å². The quantitative estimate of drug-likeness (QED) is 0.361. The summed E-state index contributed by atoms with van der Waals surface area (Å²) in [7, 11) is 0. The van der Waals surface area contributed by atoms with E-state index in [0.29, 0.717) is 6.61 Å². The molecule has 1 heterocycles. The van der Waals surface area contributed by atoms with Crippen molar-refractivity contribution in [3.63, 3.8) is 0 Å². The van der Waals surface area contributed by atoms with Crippen molar-refractivity contribution in [3.8, 4) is 0 Å². The van der Waals surface area contributed by atoms with Gasteiger partial charge in [-0.05, 0) is 0 Å². The predicted octanol–water partition coefficient (Wildman–Crippen LogP) is -4.17. The maximum absolute atomic E-state index is 9.94. The summed E-state index contributed by atoms with van der Waals surface area (Å²) in [6.45, 7) is 0.531. The summed E-state index contributed by atoms with van der Waals surface area (Å²) in [5.74, 6) is -0.356. The van der Waals surface area contributed by atoms with Crippen molar-refractivity contribution in [1.29, 1.82) is 0 Å². The Morgan fingerprint density at radius 1 is 1.78 bits per heavy atom. The smallest absolute Gasteiger partial charge is 0.546 e. The molecule has 0 radical (unpaired) electrons. The van der Waals surface area contributed by atoms with E-state index in [1.54, 1.807) is 0 Å². The summed E-state index contributed by atoms with van der Waals surface area (Å²) in [6, 6.07) is 0. The van der Waals surface area contributed by atoms with Gasteiger partial charge in [-0.15, -0.1) is 11.8 Å². The standard InChI is InChI=1S/C4H6O3S.Na/c5-3(6)4-7-1-2-8-4;/h4H,1-2H2,(H,5,6);/q;+1/p-1. The Kier molecular flexibility index (Phi) is 4.97. The zero-order valence-electron chi connectivity index (χ0n) is 5.12. The first-order valence-corrected chi connectivity index (χ1v) is 3.29. The van der Waals surface area contributed by atoms with Crippen molar-refractivity contribution >= 4 is 17.7 Å². The molecule has 46 valence electrons. The van der Waals surface area contributed by atoms with Gasteiger partial charge in [-0.2, -0.15) is 0 Å². The topological polar surface area (TPSA) is 49.4 Å². The van der Waals surface area contributed by atoms with Crippen LogP contribution in [0.15, 0.2) is 0 Å². The molecular formula is C4H5NaO3S. The molecule has 0 aliphatic carbocycles. The molecule has 0 amide bonds. The third-order valence-corrected chi connectivity index (χ3v) is 1.85. The van der Waals surface area contributed by atoms with Gasteiger partial charge in [-0.25, -0.2) is 0 Å². The van der Waals surface area contributed by atoms with Crippen molar-refractivity contribution < 1.29 is 44.2 Å². The second-order valence-corrected chi connectivity index (χ2v) is 2.56. The molecule has 0 spiro atoms. The van der Waals surface area contributed by atoms with Crippen molar-refractivity contribution in [3.05, 3.63) is 0 Å². The van der Waals surface area contributed by atoms with E-state index in [9.17, 15) is 9.90 Å². The fourth-order valence-corrected chi connectivity index (χ4v) is 1.23. The monoisotopic (exact) mass is 156 g/mol. The predicted molar refractivity (Wildman–Crippen MR) is 27.2 cm³/mol. The van der Waals surface area contributed by atoms with E-state index in [4.69, 9.17) is 4.74 Å². The Balaban J connectivity index is 0.000000640. The summed E-state index contributed by atoms with van der Waals surface area (Å²) >= 11 is 1.27. The van der Waals surface area contributed by atoms with Crippen LogP contribution in [0.1, 0.15) is 0 Å². The second kappa shape index (κ2) is 4.57. The molecule has 0 aromatic rings. The molecule has 0 bridgehead atoms. The SMILES string of the molecule is O=C([O-])C1OCCS1.[Na+]. The van der Waals surface area contributed by atoms with Crippen LogP contribution in [0.2, 0.25) is 0 Å². The van der Waals surface area contributed by atoms with Crippen molar-refractivity contribution in [2.75, 3.05) is 12.4 Å². The van der Waals surface area contributed by atoms with Gasteiger partial charge in [-0.3, -0.25) is 0 Å². The molecule has 0 aromatic heterocycles. The molecule has 1 saturated heterocycles. The first-order valence-electron chi connectivity index (χ1n) is 2.25. The molecule has 1 aliphatic heterocycles. The number of carbonyl (C=O) groups excluding carboxylic acids is 1. The molecule has 3 nitrogen and oxygen atoms in total. The van der Waals surface area contributed by atoms with Crippen LogP contribution < -0.4 is 34.7 Å². The van der Waals surface area contributed by atoms with Crippen LogP contribution in [0.4, 0.5) is 0 Å². The van der Waals surface area contributed by atoms with E-state index in [2.05, 4.69) is 0 Å². The van der Waals surface area contributed by atoms with Crippen LogP contribution >= 0.6 is 11.8 Å². The Hall–Kier alpha value is 0.780. The minimum Gasteiger partial charge on any atom is -0.546 e. The van der Waals surface area contributed by atoms with Gasteiger partial charge in [0.15, 0.2) is 0 Å². The normalized spacial score (nSPS) is 25.1. The molecule has 1 rings (SSSR count). The number of aliphatic carboxylic acids is 1. The summed E-state index contributed by atoms with van der Waals surface area (Å²) in [6.07, 6.45) is 0. The summed E-state index contributed by atoms with van der Waals surface area (Å²) < 4.78 is 4.72. The Bertz CT molecular complexity index is 102. The van der Waals surface area contributed by atoms with Gasteiger partial charge in [0.25, 0.3) is 0 Å². The van der Waals surface area contributed by atoms with Crippen LogP contribution in [0.25, 0.3) is 0 Å². The van der Waals surface area contributed by atoms with E-state index >= 15 is 0 Å². The molecule has 0 N–H and O–H groups in total. The number of carboxylic acid groups (broad SMARTS) is 1. The number of carboxylic acids is 1.